The summed E-state index contributed by atoms with van der Waals surface area (Å²) in [5.74, 6) is 2.29. The van der Waals surface area contributed by atoms with Crippen LogP contribution >= 0.6 is 24.0 Å². The Morgan fingerprint density at radius 3 is 2.60 bits per heavy atom. The lowest BCUT2D eigenvalue weighted by molar-refractivity contribution is -0.127. The van der Waals surface area contributed by atoms with E-state index in [0.717, 1.165) is 58.4 Å². The van der Waals surface area contributed by atoms with Crippen molar-refractivity contribution in [2.45, 2.75) is 46.0 Å². The maximum atomic E-state index is 12.1. The van der Waals surface area contributed by atoms with Crippen LogP contribution in [0.1, 0.15) is 46.0 Å². The zero-order valence-electron chi connectivity index (χ0n) is 19.6. The minimum Gasteiger partial charge on any atom is -0.379 e. The van der Waals surface area contributed by atoms with E-state index in [9.17, 15) is 4.79 Å². The van der Waals surface area contributed by atoms with Crippen molar-refractivity contribution < 1.29 is 9.53 Å². The fraction of sp³-hybridized carbons (Fsp3) is 0.909. The number of rotatable bonds is 10. The molecule has 30 heavy (non-hydrogen) atoms. The Morgan fingerprint density at radius 2 is 1.97 bits per heavy atom. The molecule has 0 aromatic heterocycles. The molecule has 0 radical (unpaired) electrons. The topological polar surface area (TPSA) is 60.4 Å². The predicted octanol–water partition coefficient (Wildman–Crippen LogP) is 2.51. The molecule has 0 bridgehead atoms. The Bertz CT molecular complexity index is 512. The largest absolute Gasteiger partial charge is 0.379 e. The molecule has 2 atom stereocenters. The van der Waals surface area contributed by atoms with Crippen LogP contribution in [0.5, 0.6) is 0 Å². The number of ether oxygens (including phenoxy) is 1. The van der Waals surface area contributed by atoms with E-state index in [2.05, 4.69) is 29.0 Å². The molecule has 1 amide bonds. The fourth-order valence-electron chi connectivity index (χ4n) is 4.05. The van der Waals surface area contributed by atoms with Crippen LogP contribution in [0.2, 0.25) is 0 Å². The lowest BCUT2D eigenvalue weighted by Crippen LogP contribution is -2.44. The Hall–Kier alpha value is -0.610. The van der Waals surface area contributed by atoms with E-state index in [0.29, 0.717) is 11.8 Å². The minimum atomic E-state index is 0. The predicted molar refractivity (Wildman–Crippen MR) is 135 cm³/mol. The first-order valence-electron chi connectivity index (χ1n) is 11.6. The molecule has 2 unspecified atom stereocenters. The van der Waals surface area contributed by atoms with Crippen LogP contribution in [0.4, 0.5) is 0 Å². The van der Waals surface area contributed by atoms with Gasteiger partial charge in [0.25, 0.3) is 0 Å². The average Bonchev–Trinajstić information content (AvgIpc) is 3.18. The summed E-state index contributed by atoms with van der Waals surface area (Å²) in [4.78, 5) is 23.3. The number of unbranched alkanes of at least 4 members (excludes halogenated alkanes) is 1. The minimum absolute atomic E-state index is 0. The Morgan fingerprint density at radius 1 is 1.23 bits per heavy atom. The number of amides is 1. The lowest BCUT2D eigenvalue weighted by Gasteiger charge is -2.29. The summed E-state index contributed by atoms with van der Waals surface area (Å²) in [7, 11) is 3.58. The van der Waals surface area contributed by atoms with Crippen molar-refractivity contribution in [3.8, 4) is 0 Å². The number of likely N-dealkylation sites (N-methyl/N-ethyl adjacent to an activating group) is 1. The van der Waals surface area contributed by atoms with Crippen LogP contribution in [0.25, 0.3) is 0 Å². The van der Waals surface area contributed by atoms with Gasteiger partial charge in [0.1, 0.15) is 6.54 Å². The second kappa shape index (κ2) is 15.2. The van der Waals surface area contributed by atoms with Crippen molar-refractivity contribution in [1.29, 1.82) is 0 Å². The molecule has 2 fully saturated rings. The number of hydrogen-bond donors (Lipinski definition) is 1. The van der Waals surface area contributed by atoms with E-state index >= 15 is 0 Å². The van der Waals surface area contributed by atoms with Gasteiger partial charge in [-0.15, -0.1) is 24.0 Å². The SMILES string of the molecule is CCCCC(CC)CNC(=NCC(=O)N(C)C)N1CCC(CN2CCOCC2)C1.I. The number of carbonyl (C=O) groups is 1. The summed E-state index contributed by atoms with van der Waals surface area (Å²) in [6.07, 6.45) is 6.13. The first-order chi connectivity index (χ1) is 14.0. The van der Waals surface area contributed by atoms with Gasteiger partial charge in [-0.3, -0.25) is 9.69 Å². The van der Waals surface area contributed by atoms with E-state index < -0.39 is 0 Å². The number of halogens is 1. The molecule has 0 aromatic carbocycles. The molecule has 2 saturated heterocycles. The van der Waals surface area contributed by atoms with Crippen LogP contribution in [0, 0.1) is 11.8 Å². The lowest BCUT2D eigenvalue weighted by atomic mass is 9.99. The summed E-state index contributed by atoms with van der Waals surface area (Å²) >= 11 is 0. The first-order valence-corrected chi connectivity index (χ1v) is 11.6. The van der Waals surface area contributed by atoms with Gasteiger partial charge in [0, 0.05) is 53.4 Å². The summed E-state index contributed by atoms with van der Waals surface area (Å²) in [5.41, 5.74) is 0. The van der Waals surface area contributed by atoms with E-state index in [-0.39, 0.29) is 36.4 Å². The van der Waals surface area contributed by atoms with Gasteiger partial charge in [-0.2, -0.15) is 0 Å². The van der Waals surface area contributed by atoms with Crippen LogP contribution in [0.3, 0.4) is 0 Å². The van der Waals surface area contributed by atoms with Crippen LogP contribution < -0.4 is 5.32 Å². The van der Waals surface area contributed by atoms with Gasteiger partial charge in [-0.1, -0.05) is 33.1 Å². The Labute approximate surface area is 201 Å². The second-order valence-electron chi connectivity index (χ2n) is 8.74. The average molecular weight is 538 g/mol. The normalized spacial score (nSPS) is 21.3. The van der Waals surface area contributed by atoms with Gasteiger partial charge in [0.05, 0.1) is 13.2 Å². The third kappa shape index (κ3) is 9.68. The molecule has 0 aromatic rings. The Balaban J connectivity index is 0.00000450. The van der Waals surface area contributed by atoms with Gasteiger partial charge in [0.15, 0.2) is 5.96 Å². The molecule has 7 nitrogen and oxygen atoms in total. The van der Waals surface area contributed by atoms with E-state index in [1.54, 1.807) is 19.0 Å². The molecule has 2 rings (SSSR count). The third-order valence-corrected chi connectivity index (χ3v) is 6.16. The number of nitrogens with one attached hydrogen (secondary N) is 1. The standard InChI is InChI=1S/C22H43N5O2.HI/c1-5-7-8-19(6-2)15-23-22(24-16-21(28)25(3)4)27-10-9-20(18-27)17-26-11-13-29-14-12-26;/h19-20H,5-18H2,1-4H3,(H,23,24);1H. The van der Waals surface area contributed by atoms with E-state index in [4.69, 9.17) is 9.73 Å². The smallest absolute Gasteiger partial charge is 0.243 e. The zero-order chi connectivity index (χ0) is 21.1. The zero-order valence-corrected chi connectivity index (χ0v) is 21.9. The fourth-order valence-corrected chi connectivity index (χ4v) is 4.05. The second-order valence-corrected chi connectivity index (χ2v) is 8.74. The van der Waals surface area contributed by atoms with Gasteiger partial charge >= 0.3 is 0 Å². The monoisotopic (exact) mass is 537 g/mol. The number of guanidine groups is 1. The highest BCUT2D eigenvalue weighted by atomic mass is 127. The molecule has 8 heteroatoms. The molecule has 2 heterocycles. The maximum Gasteiger partial charge on any atom is 0.243 e. The number of carbonyl (C=O) groups excluding carboxylic acids is 1. The van der Waals surface area contributed by atoms with Crippen LogP contribution in [0.15, 0.2) is 4.99 Å². The number of aliphatic imine (C=N–C) groups is 1. The van der Waals surface area contributed by atoms with Crippen molar-refractivity contribution in [2.24, 2.45) is 16.8 Å². The molecule has 2 aliphatic heterocycles. The molecule has 176 valence electrons. The summed E-state index contributed by atoms with van der Waals surface area (Å²) in [6.45, 7) is 12.6. The van der Waals surface area contributed by atoms with Gasteiger partial charge < -0.3 is 19.9 Å². The van der Waals surface area contributed by atoms with Gasteiger partial charge in [-0.05, 0) is 24.7 Å². The summed E-state index contributed by atoms with van der Waals surface area (Å²) in [5, 5.41) is 3.61. The number of morpholine rings is 1. The van der Waals surface area contributed by atoms with Crippen LogP contribution in [-0.4, -0.2) is 99.7 Å². The van der Waals surface area contributed by atoms with Crippen molar-refractivity contribution in [3.05, 3.63) is 0 Å². The van der Waals surface area contributed by atoms with Crippen molar-refractivity contribution in [2.75, 3.05) is 73.1 Å². The molecule has 0 aliphatic carbocycles. The molecule has 1 N–H and O–H groups in total. The van der Waals surface area contributed by atoms with E-state index in [1.807, 2.05) is 0 Å². The quantitative estimate of drug-likeness (QED) is 0.264. The third-order valence-electron chi connectivity index (χ3n) is 6.16. The summed E-state index contributed by atoms with van der Waals surface area (Å²) < 4.78 is 5.47. The maximum absolute atomic E-state index is 12.1. The highest BCUT2D eigenvalue weighted by molar-refractivity contribution is 14.0. The molecular weight excluding hydrogens is 493 g/mol. The van der Waals surface area contributed by atoms with Gasteiger partial charge in [0.2, 0.25) is 5.91 Å². The Kier molecular flexibility index (Phi) is 13.9. The van der Waals surface area contributed by atoms with E-state index in [1.165, 1.54) is 32.1 Å². The number of hydrogen-bond acceptors (Lipinski definition) is 4. The van der Waals surface area contributed by atoms with Crippen molar-refractivity contribution in [3.63, 3.8) is 0 Å². The van der Waals surface area contributed by atoms with Crippen molar-refractivity contribution in [1.82, 2.24) is 20.0 Å². The van der Waals surface area contributed by atoms with Crippen LogP contribution in [-0.2, 0) is 9.53 Å². The highest BCUT2D eigenvalue weighted by Crippen LogP contribution is 2.19. The molecule has 2 aliphatic rings. The highest BCUT2D eigenvalue weighted by Gasteiger charge is 2.27. The van der Waals surface area contributed by atoms with Crippen molar-refractivity contribution >= 4 is 35.8 Å². The molecular formula is C22H44IN5O2. The van der Waals surface area contributed by atoms with Gasteiger partial charge in [-0.25, -0.2) is 4.99 Å². The number of likely N-dealkylation sites (tertiary alicyclic amines) is 1. The molecule has 0 saturated carbocycles. The summed E-state index contributed by atoms with van der Waals surface area (Å²) in [6, 6.07) is 0. The first kappa shape index (κ1) is 27.4. The number of nitrogens with zero attached hydrogens (tertiary/aromatic N) is 4. The molecule has 0 spiro atoms.